The molecule has 32 heavy (non-hydrogen) atoms. The Bertz CT molecular complexity index is 976. The molecule has 0 saturated carbocycles. The molecule has 1 fully saturated rings. The number of likely N-dealkylation sites (N-methyl/N-ethyl adjacent to an activating group) is 1. The summed E-state index contributed by atoms with van der Waals surface area (Å²) in [6.07, 6.45) is 7.95. The Labute approximate surface area is 190 Å². The zero-order chi connectivity index (χ0) is 22.9. The van der Waals surface area contributed by atoms with Gasteiger partial charge in [-0.15, -0.1) is 0 Å². The molecule has 2 aliphatic rings. The van der Waals surface area contributed by atoms with E-state index >= 15 is 0 Å². The van der Waals surface area contributed by atoms with E-state index < -0.39 is 0 Å². The summed E-state index contributed by atoms with van der Waals surface area (Å²) in [6.45, 7) is 10.3. The number of hydrogen-bond donors (Lipinski definition) is 2. The first kappa shape index (κ1) is 22.8. The minimum atomic E-state index is -0.00540. The molecule has 2 N–H and O–H groups in total. The van der Waals surface area contributed by atoms with Crippen LogP contribution in [0.2, 0.25) is 0 Å². The van der Waals surface area contributed by atoms with Gasteiger partial charge in [0.25, 0.3) is 0 Å². The maximum atomic E-state index is 12.6. The highest BCUT2D eigenvalue weighted by atomic mass is 16.5. The lowest BCUT2D eigenvalue weighted by molar-refractivity contribution is -0.138. The van der Waals surface area contributed by atoms with Gasteiger partial charge < -0.3 is 19.4 Å². The van der Waals surface area contributed by atoms with E-state index in [0.717, 1.165) is 48.5 Å². The van der Waals surface area contributed by atoms with E-state index in [4.69, 9.17) is 9.47 Å². The van der Waals surface area contributed by atoms with Crippen molar-refractivity contribution in [3.63, 3.8) is 0 Å². The number of nitrogens with one attached hydrogen (secondary N) is 2. The largest absolute Gasteiger partial charge is 0.379 e. The Morgan fingerprint density at radius 1 is 1.38 bits per heavy atom. The van der Waals surface area contributed by atoms with Gasteiger partial charge in [-0.25, -0.2) is 0 Å². The first-order valence-electron chi connectivity index (χ1n) is 11.6. The molecular formula is C25H36N4O3. The van der Waals surface area contributed by atoms with Gasteiger partial charge in [-0.3, -0.25) is 9.89 Å². The number of rotatable bonds is 7. The highest BCUT2D eigenvalue weighted by Crippen LogP contribution is 2.32. The maximum Gasteiger partial charge on any atom is 0.248 e. The van der Waals surface area contributed by atoms with Gasteiger partial charge >= 0.3 is 0 Å². The topological polar surface area (TPSA) is 83.2 Å². The van der Waals surface area contributed by atoms with Gasteiger partial charge in [-0.05, 0) is 43.2 Å². The van der Waals surface area contributed by atoms with Crippen LogP contribution in [0.4, 0.5) is 0 Å². The minimum Gasteiger partial charge on any atom is -0.379 e. The van der Waals surface area contributed by atoms with Crippen LogP contribution in [0.1, 0.15) is 56.1 Å². The Morgan fingerprint density at radius 2 is 2.19 bits per heavy atom. The van der Waals surface area contributed by atoms with E-state index in [1.54, 1.807) is 4.90 Å². The zero-order valence-electron chi connectivity index (χ0n) is 20.0. The number of aromatic nitrogens is 3. The number of carbonyl (C=O) groups excluding carboxylic acids is 1. The van der Waals surface area contributed by atoms with Crippen LogP contribution in [-0.2, 0) is 27.1 Å². The van der Waals surface area contributed by atoms with Crippen LogP contribution < -0.4 is 0 Å². The van der Waals surface area contributed by atoms with Crippen LogP contribution in [0, 0.1) is 12.3 Å². The molecule has 3 heterocycles. The SMILES string of the molecule is Cc1[nH]nc(-c2cc3c([nH]2)CC(N(C)C(=O)COC2CCOC2)C=C3)c1CCC(C)(C)C. The normalized spacial score (nSPS) is 20.5. The van der Waals surface area contributed by atoms with E-state index in [2.05, 4.69) is 61.1 Å². The van der Waals surface area contributed by atoms with Crippen molar-refractivity contribution in [1.82, 2.24) is 20.1 Å². The fourth-order valence-corrected chi connectivity index (χ4v) is 4.32. The second-order valence-electron chi connectivity index (χ2n) is 10.3. The molecule has 2 atom stereocenters. The molecule has 7 heteroatoms. The molecular weight excluding hydrogens is 404 g/mol. The monoisotopic (exact) mass is 440 g/mol. The quantitative estimate of drug-likeness (QED) is 0.684. The van der Waals surface area contributed by atoms with Crippen molar-refractivity contribution in [2.24, 2.45) is 5.41 Å². The number of fused-ring (bicyclic) bond motifs is 1. The lowest BCUT2D eigenvalue weighted by atomic mass is 9.88. The van der Waals surface area contributed by atoms with Gasteiger partial charge in [0.15, 0.2) is 0 Å². The molecule has 1 saturated heterocycles. The molecule has 2 unspecified atom stereocenters. The van der Waals surface area contributed by atoms with Gasteiger partial charge in [0.05, 0.1) is 24.4 Å². The summed E-state index contributed by atoms with van der Waals surface area (Å²) < 4.78 is 11.0. The van der Waals surface area contributed by atoms with E-state index in [0.29, 0.717) is 13.2 Å². The number of aryl methyl sites for hydroxylation is 1. The van der Waals surface area contributed by atoms with Gasteiger partial charge in [-0.1, -0.05) is 32.9 Å². The average Bonchev–Trinajstić information content (AvgIpc) is 3.48. The fourth-order valence-electron chi connectivity index (χ4n) is 4.32. The predicted molar refractivity (Wildman–Crippen MR) is 125 cm³/mol. The first-order valence-corrected chi connectivity index (χ1v) is 11.6. The zero-order valence-corrected chi connectivity index (χ0v) is 20.0. The van der Waals surface area contributed by atoms with E-state index in [9.17, 15) is 4.79 Å². The van der Waals surface area contributed by atoms with Gasteiger partial charge in [0, 0.05) is 37.0 Å². The number of H-pyrrole nitrogens is 2. The number of nitrogens with zero attached hydrogens (tertiary/aromatic N) is 2. The number of hydrogen-bond acceptors (Lipinski definition) is 4. The molecule has 1 aliphatic heterocycles. The van der Waals surface area contributed by atoms with Crippen molar-refractivity contribution in [2.45, 2.75) is 65.5 Å². The van der Waals surface area contributed by atoms with E-state index in [1.807, 2.05) is 7.05 Å². The Hall–Kier alpha value is -2.38. The van der Waals surface area contributed by atoms with Crippen molar-refractivity contribution in [1.29, 1.82) is 0 Å². The van der Waals surface area contributed by atoms with Crippen molar-refractivity contribution >= 4 is 12.0 Å². The van der Waals surface area contributed by atoms with Gasteiger partial charge in [0.1, 0.15) is 12.3 Å². The third-order valence-electron chi connectivity index (χ3n) is 6.52. The molecule has 7 nitrogen and oxygen atoms in total. The molecule has 0 radical (unpaired) electrons. The number of aromatic amines is 2. The predicted octanol–water partition coefficient (Wildman–Crippen LogP) is 3.89. The molecule has 1 aliphatic carbocycles. The first-order chi connectivity index (χ1) is 15.2. The molecule has 174 valence electrons. The number of ether oxygens (including phenoxy) is 2. The summed E-state index contributed by atoms with van der Waals surface area (Å²) in [5.74, 6) is -0.00540. The molecule has 4 rings (SSSR count). The molecule has 2 aromatic heterocycles. The number of carbonyl (C=O) groups is 1. The standard InChI is InChI=1S/C25H36N4O3/c1-16-20(8-10-25(2,3)4)24(28-27-16)22-12-17-6-7-18(13-21(17)26-22)29(5)23(30)15-32-19-9-11-31-14-19/h6-7,12,18-19,26H,8-11,13-15H2,1-5H3,(H,27,28). The van der Waals surface area contributed by atoms with E-state index in [-0.39, 0.29) is 30.1 Å². The summed E-state index contributed by atoms with van der Waals surface area (Å²) in [5, 5.41) is 7.77. The maximum absolute atomic E-state index is 12.6. The molecule has 1 amide bonds. The van der Waals surface area contributed by atoms with Crippen LogP contribution in [0.3, 0.4) is 0 Å². The molecule has 2 aromatic rings. The minimum absolute atomic E-state index is 0.00540. The fraction of sp³-hybridized carbons (Fsp3) is 0.600. The van der Waals surface area contributed by atoms with Crippen LogP contribution in [0.15, 0.2) is 12.1 Å². The summed E-state index contributed by atoms with van der Waals surface area (Å²) in [4.78, 5) is 18.0. The summed E-state index contributed by atoms with van der Waals surface area (Å²) in [7, 11) is 1.85. The van der Waals surface area contributed by atoms with Crippen molar-refractivity contribution in [3.8, 4) is 11.4 Å². The molecule has 0 bridgehead atoms. The average molecular weight is 441 g/mol. The Balaban J connectivity index is 1.43. The summed E-state index contributed by atoms with van der Waals surface area (Å²) >= 11 is 0. The van der Waals surface area contributed by atoms with Crippen molar-refractivity contribution in [3.05, 3.63) is 34.7 Å². The third kappa shape index (κ3) is 5.15. The lowest BCUT2D eigenvalue weighted by Crippen LogP contribution is -2.40. The Morgan fingerprint density at radius 3 is 2.91 bits per heavy atom. The summed E-state index contributed by atoms with van der Waals surface area (Å²) in [5.41, 5.74) is 7.02. The second kappa shape index (κ2) is 9.24. The van der Waals surface area contributed by atoms with Crippen LogP contribution in [0.5, 0.6) is 0 Å². The van der Waals surface area contributed by atoms with Gasteiger partial charge in [-0.2, -0.15) is 5.10 Å². The molecule has 0 aromatic carbocycles. The summed E-state index contributed by atoms with van der Waals surface area (Å²) in [6, 6.07) is 2.18. The van der Waals surface area contributed by atoms with Crippen LogP contribution in [-0.4, -0.2) is 65.0 Å². The highest BCUT2D eigenvalue weighted by Gasteiger charge is 2.26. The van der Waals surface area contributed by atoms with Crippen molar-refractivity contribution < 1.29 is 14.3 Å². The van der Waals surface area contributed by atoms with E-state index in [1.165, 1.54) is 11.1 Å². The number of amides is 1. The third-order valence-corrected chi connectivity index (χ3v) is 6.52. The molecule has 0 spiro atoms. The second-order valence-corrected chi connectivity index (χ2v) is 10.3. The van der Waals surface area contributed by atoms with Crippen LogP contribution >= 0.6 is 0 Å². The van der Waals surface area contributed by atoms with Crippen molar-refractivity contribution in [2.75, 3.05) is 26.9 Å². The Kier molecular flexibility index (Phi) is 6.58. The smallest absolute Gasteiger partial charge is 0.248 e. The van der Waals surface area contributed by atoms with Crippen LogP contribution in [0.25, 0.3) is 17.5 Å². The highest BCUT2D eigenvalue weighted by molar-refractivity contribution is 5.78. The van der Waals surface area contributed by atoms with Gasteiger partial charge in [0.2, 0.25) is 5.91 Å². The lowest BCUT2D eigenvalue weighted by Gasteiger charge is -2.28.